The maximum absolute atomic E-state index is 13.0. The van der Waals surface area contributed by atoms with Gasteiger partial charge in [-0.1, -0.05) is 30.3 Å². The summed E-state index contributed by atoms with van der Waals surface area (Å²) in [6.45, 7) is 0.307. The number of hydrogen-bond donors (Lipinski definition) is 1. The Balaban J connectivity index is 1.60. The van der Waals surface area contributed by atoms with Gasteiger partial charge in [-0.05, 0) is 80.6 Å². The van der Waals surface area contributed by atoms with Gasteiger partial charge in [-0.2, -0.15) is 5.10 Å². The van der Waals surface area contributed by atoms with Gasteiger partial charge in [0.25, 0.3) is 5.69 Å². The topological polar surface area (TPSA) is 93.8 Å². The third kappa shape index (κ3) is 6.69. The summed E-state index contributed by atoms with van der Waals surface area (Å²) in [7, 11) is 0. The van der Waals surface area contributed by atoms with Gasteiger partial charge in [0.1, 0.15) is 18.2 Å². The van der Waals surface area contributed by atoms with E-state index in [0.717, 1.165) is 18.3 Å². The molecule has 0 fully saturated rings. The molecule has 0 bridgehead atoms. The van der Waals surface area contributed by atoms with Crippen LogP contribution in [0.25, 0.3) is 0 Å². The number of hydrazone groups is 1. The SMILES string of the molecule is O=C(Cc1ccccc1[N+](=O)[O-])N/N=C/c1cc(I)c(OCc2ccc(F)cc2)c(I)c1. The average Bonchev–Trinajstić information content (AvgIpc) is 2.74. The number of para-hydroxylation sites is 1. The summed E-state index contributed by atoms with van der Waals surface area (Å²) in [5.74, 6) is -0.0528. The number of rotatable bonds is 8. The van der Waals surface area contributed by atoms with E-state index in [1.165, 1.54) is 30.5 Å². The number of carbonyl (C=O) groups excluding carboxylic acids is 1. The van der Waals surface area contributed by atoms with Gasteiger partial charge in [0.15, 0.2) is 0 Å². The smallest absolute Gasteiger partial charge is 0.273 e. The third-order valence-electron chi connectivity index (χ3n) is 4.26. The molecule has 3 rings (SSSR count). The molecule has 0 aliphatic carbocycles. The van der Waals surface area contributed by atoms with E-state index in [1.807, 2.05) is 12.1 Å². The molecule has 164 valence electrons. The number of carbonyl (C=O) groups is 1. The fourth-order valence-electron chi connectivity index (χ4n) is 2.76. The fourth-order valence-corrected chi connectivity index (χ4v) is 4.89. The first-order valence-electron chi connectivity index (χ1n) is 9.24. The van der Waals surface area contributed by atoms with Crippen molar-refractivity contribution >= 4 is 63.0 Å². The summed E-state index contributed by atoms with van der Waals surface area (Å²) in [5, 5.41) is 15.0. The number of nitro groups is 1. The fraction of sp³-hybridized carbons (Fsp3) is 0.0909. The molecule has 0 aliphatic heterocycles. The predicted molar refractivity (Wildman–Crippen MR) is 135 cm³/mol. The molecule has 7 nitrogen and oxygen atoms in total. The monoisotopic (exact) mass is 659 g/mol. The third-order valence-corrected chi connectivity index (χ3v) is 5.86. The molecule has 1 N–H and O–H groups in total. The Labute approximate surface area is 210 Å². The average molecular weight is 659 g/mol. The Morgan fingerprint density at radius 1 is 1.12 bits per heavy atom. The molecule has 0 spiro atoms. The van der Waals surface area contributed by atoms with Crippen LogP contribution in [-0.2, 0) is 17.8 Å². The Morgan fingerprint density at radius 3 is 2.44 bits per heavy atom. The minimum Gasteiger partial charge on any atom is -0.487 e. The van der Waals surface area contributed by atoms with E-state index < -0.39 is 10.8 Å². The van der Waals surface area contributed by atoms with Crippen LogP contribution in [0.15, 0.2) is 65.8 Å². The number of nitro benzene ring substituents is 1. The van der Waals surface area contributed by atoms with E-state index in [4.69, 9.17) is 4.74 Å². The number of halogens is 3. The quantitative estimate of drug-likeness (QED) is 0.156. The Bertz CT molecular complexity index is 1150. The van der Waals surface area contributed by atoms with E-state index in [2.05, 4.69) is 55.7 Å². The van der Waals surface area contributed by atoms with Crippen LogP contribution in [0.2, 0.25) is 0 Å². The zero-order chi connectivity index (χ0) is 23.1. The Kier molecular flexibility index (Phi) is 8.50. The highest BCUT2D eigenvalue weighted by Crippen LogP contribution is 2.29. The summed E-state index contributed by atoms with van der Waals surface area (Å²) < 4.78 is 20.6. The first-order chi connectivity index (χ1) is 15.3. The summed E-state index contributed by atoms with van der Waals surface area (Å²) in [5.41, 5.74) is 4.20. The van der Waals surface area contributed by atoms with Crippen LogP contribution in [0.3, 0.4) is 0 Å². The first kappa shape index (κ1) is 24.0. The number of nitrogens with zero attached hydrogens (tertiary/aromatic N) is 2. The van der Waals surface area contributed by atoms with E-state index in [1.54, 1.807) is 24.3 Å². The van der Waals surface area contributed by atoms with Crippen molar-refractivity contribution in [2.45, 2.75) is 13.0 Å². The number of amides is 1. The minimum absolute atomic E-state index is 0.105. The van der Waals surface area contributed by atoms with Crippen molar-refractivity contribution < 1.29 is 18.8 Å². The van der Waals surface area contributed by atoms with Crippen LogP contribution in [-0.4, -0.2) is 17.0 Å². The molecule has 3 aromatic carbocycles. The normalized spacial score (nSPS) is 10.8. The number of ether oxygens (including phenoxy) is 1. The van der Waals surface area contributed by atoms with E-state index >= 15 is 0 Å². The second kappa shape index (κ2) is 11.3. The van der Waals surface area contributed by atoms with Gasteiger partial charge in [0.05, 0.1) is 24.7 Å². The molecule has 0 unspecified atom stereocenters. The Hall–Kier alpha value is -2.61. The lowest BCUT2D eigenvalue weighted by atomic mass is 10.1. The van der Waals surface area contributed by atoms with Crippen molar-refractivity contribution in [1.82, 2.24) is 5.43 Å². The van der Waals surface area contributed by atoms with Crippen LogP contribution in [0.5, 0.6) is 5.75 Å². The van der Waals surface area contributed by atoms with E-state index in [9.17, 15) is 19.3 Å². The van der Waals surface area contributed by atoms with Crippen LogP contribution < -0.4 is 10.2 Å². The van der Waals surface area contributed by atoms with Gasteiger partial charge in [0.2, 0.25) is 5.91 Å². The van der Waals surface area contributed by atoms with E-state index in [0.29, 0.717) is 17.9 Å². The van der Waals surface area contributed by atoms with Gasteiger partial charge in [-0.25, -0.2) is 9.82 Å². The molecule has 32 heavy (non-hydrogen) atoms. The molecule has 1 amide bonds. The number of hydrogen-bond acceptors (Lipinski definition) is 5. The predicted octanol–water partition coefficient (Wildman–Crippen LogP) is 5.21. The second-order valence-corrected chi connectivity index (χ2v) is 8.91. The minimum atomic E-state index is -0.518. The van der Waals surface area contributed by atoms with Crippen molar-refractivity contribution in [3.63, 3.8) is 0 Å². The molecule has 0 saturated carbocycles. The van der Waals surface area contributed by atoms with Crippen molar-refractivity contribution in [3.05, 3.63) is 100 Å². The van der Waals surface area contributed by atoms with Crippen LogP contribution in [0.4, 0.5) is 10.1 Å². The zero-order valence-corrected chi connectivity index (χ0v) is 20.7. The van der Waals surface area contributed by atoms with E-state index in [-0.39, 0.29) is 17.9 Å². The molecule has 0 heterocycles. The lowest BCUT2D eigenvalue weighted by Crippen LogP contribution is -2.20. The molecule has 10 heteroatoms. The van der Waals surface area contributed by atoms with Gasteiger partial charge in [-0.3, -0.25) is 14.9 Å². The van der Waals surface area contributed by atoms with Gasteiger partial charge in [0, 0.05) is 11.6 Å². The highest BCUT2D eigenvalue weighted by Gasteiger charge is 2.15. The standard InChI is InChI=1S/C22H16FI2N3O4/c23-17-7-5-14(6-8-17)13-32-22-18(24)9-15(10-19(22)25)12-26-27-21(29)11-16-3-1-2-4-20(16)28(30)31/h1-10,12H,11,13H2,(H,27,29)/b26-12+. The van der Waals surface area contributed by atoms with Crippen molar-refractivity contribution in [2.24, 2.45) is 5.10 Å². The molecular formula is C22H16FI2N3O4. The molecular weight excluding hydrogens is 643 g/mol. The van der Waals surface area contributed by atoms with Gasteiger partial charge >= 0.3 is 0 Å². The maximum Gasteiger partial charge on any atom is 0.273 e. The van der Waals surface area contributed by atoms with Crippen molar-refractivity contribution in [1.29, 1.82) is 0 Å². The van der Waals surface area contributed by atoms with Crippen LogP contribution in [0, 0.1) is 23.1 Å². The second-order valence-electron chi connectivity index (χ2n) is 6.58. The number of nitrogens with one attached hydrogen (secondary N) is 1. The highest BCUT2D eigenvalue weighted by atomic mass is 127. The van der Waals surface area contributed by atoms with Crippen LogP contribution >= 0.6 is 45.2 Å². The van der Waals surface area contributed by atoms with Crippen LogP contribution in [0.1, 0.15) is 16.7 Å². The van der Waals surface area contributed by atoms with Gasteiger partial charge in [-0.15, -0.1) is 0 Å². The van der Waals surface area contributed by atoms with Crippen molar-refractivity contribution in [2.75, 3.05) is 0 Å². The summed E-state index contributed by atoms with van der Waals surface area (Å²) in [4.78, 5) is 22.6. The summed E-state index contributed by atoms with van der Waals surface area (Å²) >= 11 is 4.29. The van der Waals surface area contributed by atoms with Crippen molar-refractivity contribution in [3.8, 4) is 5.75 Å². The molecule has 0 aromatic heterocycles. The largest absolute Gasteiger partial charge is 0.487 e. The van der Waals surface area contributed by atoms with Gasteiger partial charge < -0.3 is 4.74 Å². The Morgan fingerprint density at radius 2 is 1.78 bits per heavy atom. The molecule has 0 saturated heterocycles. The molecule has 3 aromatic rings. The molecule has 0 radical (unpaired) electrons. The number of benzene rings is 3. The molecule has 0 atom stereocenters. The zero-order valence-electron chi connectivity index (χ0n) is 16.4. The highest BCUT2D eigenvalue weighted by molar-refractivity contribution is 14.1. The maximum atomic E-state index is 13.0. The summed E-state index contributed by atoms with van der Waals surface area (Å²) in [6, 6.07) is 15.9. The molecule has 0 aliphatic rings. The summed E-state index contributed by atoms with van der Waals surface area (Å²) in [6.07, 6.45) is 1.34. The lowest BCUT2D eigenvalue weighted by Gasteiger charge is -2.11. The lowest BCUT2D eigenvalue weighted by molar-refractivity contribution is -0.385. The first-order valence-corrected chi connectivity index (χ1v) is 11.4.